The van der Waals surface area contributed by atoms with Crippen LogP contribution in [0.25, 0.3) is 0 Å². The maximum atomic E-state index is 11.9. The van der Waals surface area contributed by atoms with Crippen LogP contribution in [0.15, 0.2) is 40.6 Å². The molecule has 138 valence electrons. The Morgan fingerprint density at radius 3 is 2.35 bits per heavy atom. The van der Waals surface area contributed by atoms with Crippen LogP contribution in [-0.4, -0.2) is 40.9 Å². The Kier molecular flexibility index (Phi) is 7.59. The van der Waals surface area contributed by atoms with E-state index in [0.717, 1.165) is 30.0 Å². The number of hydrogen-bond acceptors (Lipinski definition) is 6. The predicted molar refractivity (Wildman–Crippen MR) is 108 cm³/mol. The Balaban J connectivity index is 1.82. The Hall–Kier alpha value is -2.41. The number of aromatic nitrogens is 2. The summed E-state index contributed by atoms with van der Waals surface area (Å²) in [5, 5.41) is 4.62. The number of carbonyl (C=O) groups excluding carboxylic acids is 1. The Bertz CT molecular complexity index is 737. The summed E-state index contributed by atoms with van der Waals surface area (Å²) in [4.78, 5) is 22.8. The molecule has 1 heterocycles. The molecular formula is C19H25N5OS. The maximum Gasteiger partial charge on any atom is 0.250 e. The summed E-state index contributed by atoms with van der Waals surface area (Å²) in [5.74, 6) is 0.0370. The van der Waals surface area contributed by atoms with Crippen molar-refractivity contribution >= 4 is 29.6 Å². The summed E-state index contributed by atoms with van der Waals surface area (Å²) >= 11 is 1.30. The second-order valence-corrected chi connectivity index (χ2v) is 6.72. The second-order valence-electron chi connectivity index (χ2n) is 5.78. The van der Waals surface area contributed by atoms with Gasteiger partial charge in [-0.15, -0.1) is 0 Å². The molecule has 0 bridgehead atoms. The van der Waals surface area contributed by atoms with Crippen molar-refractivity contribution in [1.82, 2.24) is 15.4 Å². The summed E-state index contributed by atoms with van der Waals surface area (Å²) in [5.41, 5.74) is 6.44. The van der Waals surface area contributed by atoms with Crippen LogP contribution >= 0.6 is 11.8 Å². The van der Waals surface area contributed by atoms with Gasteiger partial charge in [-0.05, 0) is 51.5 Å². The van der Waals surface area contributed by atoms with Gasteiger partial charge in [-0.25, -0.2) is 15.4 Å². The zero-order valence-electron chi connectivity index (χ0n) is 15.7. The van der Waals surface area contributed by atoms with Crippen LogP contribution in [0.1, 0.15) is 30.8 Å². The third-order valence-corrected chi connectivity index (χ3v) is 4.57. The lowest BCUT2D eigenvalue weighted by atomic mass is 10.2. The van der Waals surface area contributed by atoms with E-state index in [1.165, 1.54) is 17.4 Å². The highest BCUT2D eigenvalue weighted by atomic mass is 32.2. The number of carbonyl (C=O) groups is 1. The number of benzene rings is 1. The van der Waals surface area contributed by atoms with Crippen LogP contribution in [0.5, 0.6) is 0 Å². The number of hydrazone groups is 1. The second kappa shape index (κ2) is 9.91. The zero-order valence-corrected chi connectivity index (χ0v) is 16.5. The zero-order chi connectivity index (χ0) is 18.9. The molecule has 0 aliphatic carbocycles. The first-order valence-electron chi connectivity index (χ1n) is 8.63. The van der Waals surface area contributed by atoms with Crippen molar-refractivity contribution in [1.29, 1.82) is 0 Å². The molecule has 0 saturated carbocycles. The van der Waals surface area contributed by atoms with Gasteiger partial charge < -0.3 is 4.90 Å². The maximum absolute atomic E-state index is 11.9. The fourth-order valence-corrected chi connectivity index (χ4v) is 3.20. The lowest BCUT2D eigenvalue weighted by molar-refractivity contribution is -0.118. The standard InChI is InChI=1S/C19H25N5OS/c1-5-24(6-2)17-9-7-16(8-10-17)12-20-23-18(25)13-26-19-21-14(3)11-15(4)22-19/h7-12H,5-6,13H2,1-4H3,(H,23,25)/b20-12+. The van der Waals surface area contributed by atoms with Gasteiger partial charge in [0.2, 0.25) is 0 Å². The van der Waals surface area contributed by atoms with Gasteiger partial charge >= 0.3 is 0 Å². The summed E-state index contributed by atoms with van der Waals surface area (Å²) in [7, 11) is 0. The molecule has 2 aromatic rings. The molecule has 7 heteroatoms. The van der Waals surface area contributed by atoms with E-state index in [-0.39, 0.29) is 11.7 Å². The van der Waals surface area contributed by atoms with Crippen LogP contribution in [-0.2, 0) is 4.79 Å². The number of anilines is 1. The summed E-state index contributed by atoms with van der Waals surface area (Å²) in [6.45, 7) is 10.0. The fourth-order valence-electron chi connectivity index (χ4n) is 2.46. The van der Waals surface area contributed by atoms with Crippen molar-refractivity contribution in [3.05, 3.63) is 47.3 Å². The summed E-state index contributed by atoms with van der Waals surface area (Å²) in [6.07, 6.45) is 1.64. The molecule has 1 aromatic heterocycles. The van der Waals surface area contributed by atoms with E-state index in [2.05, 4.69) is 51.4 Å². The smallest absolute Gasteiger partial charge is 0.250 e. The number of amides is 1. The highest BCUT2D eigenvalue weighted by molar-refractivity contribution is 7.99. The van der Waals surface area contributed by atoms with Gasteiger partial charge in [-0.3, -0.25) is 4.79 Å². The normalized spacial score (nSPS) is 10.9. The molecule has 0 radical (unpaired) electrons. The van der Waals surface area contributed by atoms with E-state index in [0.29, 0.717) is 5.16 Å². The Morgan fingerprint density at radius 2 is 1.77 bits per heavy atom. The largest absolute Gasteiger partial charge is 0.372 e. The topological polar surface area (TPSA) is 70.5 Å². The molecule has 0 spiro atoms. The van der Waals surface area contributed by atoms with Crippen LogP contribution in [0.3, 0.4) is 0 Å². The van der Waals surface area contributed by atoms with Crippen molar-refractivity contribution in [2.24, 2.45) is 5.10 Å². The van der Waals surface area contributed by atoms with Gasteiger partial charge in [0, 0.05) is 30.2 Å². The van der Waals surface area contributed by atoms with Crippen molar-refractivity contribution in [2.75, 3.05) is 23.7 Å². The Labute approximate surface area is 159 Å². The van der Waals surface area contributed by atoms with Crippen LogP contribution in [0.4, 0.5) is 5.69 Å². The molecule has 26 heavy (non-hydrogen) atoms. The SMILES string of the molecule is CCN(CC)c1ccc(/C=N/NC(=O)CSc2nc(C)cc(C)n2)cc1. The Morgan fingerprint density at radius 1 is 1.15 bits per heavy atom. The average Bonchev–Trinajstić information content (AvgIpc) is 2.61. The van der Waals surface area contributed by atoms with Crippen LogP contribution in [0, 0.1) is 13.8 Å². The molecule has 1 aromatic carbocycles. The van der Waals surface area contributed by atoms with E-state index < -0.39 is 0 Å². The van der Waals surface area contributed by atoms with Crippen LogP contribution in [0.2, 0.25) is 0 Å². The molecule has 0 unspecified atom stereocenters. The number of thioether (sulfide) groups is 1. The molecule has 0 fully saturated rings. The van der Waals surface area contributed by atoms with Crippen LogP contribution < -0.4 is 10.3 Å². The number of rotatable bonds is 8. The van der Waals surface area contributed by atoms with Crippen molar-refractivity contribution < 1.29 is 4.79 Å². The highest BCUT2D eigenvalue weighted by Gasteiger charge is 2.05. The van der Waals surface area contributed by atoms with Crippen molar-refractivity contribution in [3.63, 3.8) is 0 Å². The van der Waals surface area contributed by atoms with E-state index in [9.17, 15) is 4.79 Å². The van der Waals surface area contributed by atoms with E-state index >= 15 is 0 Å². The molecule has 0 aliphatic heterocycles. The molecule has 6 nitrogen and oxygen atoms in total. The summed E-state index contributed by atoms with van der Waals surface area (Å²) < 4.78 is 0. The van der Waals surface area contributed by atoms with Gasteiger partial charge in [-0.2, -0.15) is 5.10 Å². The third kappa shape index (κ3) is 6.15. The molecule has 2 rings (SSSR count). The monoisotopic (exact) mass is 371 g/mol. The van der Waals surface area contributed by atoms with Gasteiger partial charge in [0.05, 0.1) is 12.0 Å². The first-order chi connectivity index (χ1) is 12.5. The minimum absolute atomic E-state index is 0.186. The van der Waals surface area contributed by atoms with Crippen molar-refractivity contribution in [2.45, 2.75) is 32.9 Å². The van der Waals surface area contributed by atoms with Gasteiger partial charge in [-0.1, -0.05) is 23.9 Å². The molecule has 1 N–H and O–H groups in total. The number of aryl methyl sites for hydroxylation is 2. The van der Waals surface area contributed by atoms with Gasteiger partial charge in [0.25, 0.3) is 5.91 Å². The van der Waals surface area contributed by atoms with E-state index in [1.807, 2.05) is 32.0 Å². The van der Waals surface area contributed by atoms with E-state index in [4.69, 9.17) is 0 Å². The number of hydrogen-bond donors (Lipinski definition) is 1. The minimum Gasteiger partial charge on any atom is -0.372 e. The molecular weight excluding hydrogens is 346 g/mol. The lowest BCUT2D eigenvalue weighted by Gasteiger charge is -2.20. The predicted octanol–water partition coefficient (Wildman–Crippen LogP) is 3.18. The number of nitrogens with zero attached hydrogens (tertiary/aromatic N) is 4. The molecule has 0 atom stereocenters. The highest BCUT2D eigenvalue weighted by Crippen LogP contribution is 2.14. The first-order valence-corrected chi connectivity index (χ1v) is 9.62. The first kappa shape index (κ1) is 19.9. The summed E-state index contributed by atoms with van der Waals surface area (Å²) in [6, 6.07) is 10.00. The fraction of sp³-hybridized carbons (Fsp3) is 0.368. The number of nitrogens with one attached hydrogen (secondary N) is 1. The average molecular weight is 372 g/mol. The van der Waals surface area contributed by atoms with Gasteiger partial charge in [0.1, 0.15) is 0 Å². The van der Waals surface area contributed by atoms with Gasteiger partial charge in [0.15, 0.2) is 5.16 Å². The quantitative estimate of drug-likeness (QED) is 0.334. The van der Waals surface area contributed by atoms with Crippen molar-refractivity contribution in [3.8, 4) is 0 Å². The lowest BCUT2D eigenvalue weighted by Crippen LogP contribution is -2.21. The third-order valence-electron chi connectivity index (χ3n) is 3.72. The minimum atomic E-state index is -0.186. The molecule has 1 amide bonds. The molecule has 0 saturated heterocycles. The molecule has 0 aliphatic rings. The van der Waals surface area contributed by atoms with E-state index in [1.54, 1.807) is 6.21 Å².